The molecule has 1 aliphatic carbocycles. The van der Waals surface area contributed by atoms with Crippen molar-refractivity contribution in [2.75, 3.05) is 0 Å². The smallest absolute Gasteiger partial charge is 0.132 e. The third kappa shape index (κ3) is 1.83. The fourth-order valence-corrected chi connectivity index (χ4v) is 2.63. The number of rotatable bonds is 1. The molecular weight excluding hydrogens is 257 g/mol. The van der Waals surface area contributed by atoms with Gasteiger partial charge in [-0.1, -0.05) is 34.8 Å². The van der Waals surface area contributed by atoms with Gasteiger partial charge in [-0.2, -0.15) is 0 Å². The SMILES string of the molecule is Cc1c(Br)ccc(C2(N)CCCC2)c1F. The van der Waals surface area contributed by atoms with Gasteiger partial charge in [0.1, 0.15) is 5.82 Å². The van der Waals surface area contributed by atoms with E-state index in [2.05, 4.69) is 15.9 Å². The Kier molecular flexibility index (Phi) is 2.86. The van der Waals surface area contributed by atoms with Crippen molar-refractivity contribution in [3.05, 3.63) is 33.5 Å². The second-order valence-corrected chi connectivity index (χ2v) is 5.25. The molecule has 1 aromatic rings. The predicted octanol–water partition coefficient (Wildman–Crippen LogP) is 3.62. The highest BCUT2D eigenvalue weighted by atomic mass is 79.9. The molecule has 1 saturated carbocycles. The van der Waals surface area contributed by atoms with E-state index in [-0.39, 0.29) is 5.82 Å². The maximum Gasteiger partial charge on any atom is 0.132 e. The molecule has 0 spiro atoms. The fourth-order valence-electron chi connectivity index (χ4n) is 2.32. The molecule has 82 valence electrons. The van der Waals surface area contributed by atoms with Crippen LogP contribution in [-0.2, 0) is 5.54 Å². The van der Waals surface area contributed by atoms with Crippen LogP contribution < -0.4 is 5.73 Å². The molecule has 0 saturated heterocycles. The van der Waals surface area contributed by atoms with Gasteiger partial charge in [-0.3, -0.25) is 0 Å². The highest BCUT2D eigenvalue weighted by Gasteiger charge is 2.34. The second-order valence-electron chi connectivity index (χ2n) is 4.40. The first-order valence-electron chi connectivity index (χ1n) is 5.28. The summed E-state index contributed by atoms with van der Waals surface area (Å²) in [6, 6.07) is 3.71. The van der Waals surface area contributed by atoms with Gasteiger partial charge in [0.25, 0.3) is 0 Å². The zero-order chi connectivity index (χ0) is 11.1. The largest absolute Gasteiger partial charge is 0.321 e. The summed E-state index contributed by atoms with van der Waals surface area (Å²) in [7, 11) is 0. The van der Waals surface area contributed by atoms with Crippen LogP contribution in [-0.4, -0.2) is 0 Å². The summed E-state index contributed by atoms with van der Waals surface area (Å²) in [6.45, 7) is 1.78. The quantitative estimate of drug-likeness (QED) is 0.830. The molecule has 1 aliphatic rings. The lowest BCUT2D eigenvalue weighted by molar-refractivity contribution is 0.431. The molecule has 15 heavy (non-hydrogen) atoms. The zero-order valence-electron chi connectivity index (χ0n) is 8.82. The standard InChI is InChI=1S/C12H15BrFN/c1-8-10(13)5-4-9(11(8)14)12(15)6-2-3-7-12/h4-5H,2-3,6-7,15H2,1H3. The van der Waals surface area contributed by atoms with Gasteiger partial charge in [0.05, 0.1) is 0 Å². The average molecular weight is 272 g/mol. The van der Waals surface area contributed by atoms with E-state index in [0.717, 1.165) is 30.2 Å². The molecule has 3 heteroatoms. The molecule has 0 atom stereocenters. The number of benzene rings is 1. The summed E-state index contributed by atoms with van der Waals surface area (Å²) in [6.07, 6.45) is 3.99. The predicted molar refractivity (Wildman–Crippen MR) is 63.2 cm³/mol. The Morgan fingerprint density at radius 2 is 1.93 bits per heavy atom. The van der Waals surface area contributed by atoms with Gasteiger partial charge in [-0.15, -0.1) is 0 Å². The summed E-state index contributed by atoms with van der Waals surface area (Å²) in [5, 5.41) is 0. The minimum Gasteiger partial charge on any atom is -0.321 e. The van der Waals surface area contributed by atoms with Crippen molar-refractivity contribution in [3.8, 4) is 0 Å². The Morgan fingerprint density at radius 3 is 2.53 bits per heavy atom. The summed E-state index contributed by atoms with van der Waals surface area (Å²) >= 11 is 3.33. The highest BCUT2D eigenvalue weighted by Crippen LogP contribution is 2.39. The first kappa shape index (κ1) is 11.1. The molecule has 1 fully saturated rings. The van der Waals surface area contributed by atoms with Crippen molar-refractivity contribution < 1.29 is 4.39 Å². The van der Waals surface area contributed by atoms with Crippen LogP contribution in [0.25, 0.3) is 0 Å². The maximum atomic E-state index is 14.0. The summed E-state index contributed by atoms with van der Waals surface area (Å²) in [5.74, 6) is -0.145. The van der Waals surface area contributed by atoms with E-state index in [1.165, 1.54) is 0 Å². The van der Waals surface area contributed by atoms with Gasteiger partial charge in [0.15, 0.2) is 0 Å². The van der Waals surface area contributed by atoms with Crippen LogP contribution in [0, 0.1) is 12.7 Å². The van der Waals surface area contributed by atoms with Crippen LogP contribution >= 0.6 is 15.9 Å². The van der Waals surface area contributed by atoms with Crippen molar-refractivity contribution in [2.24, 2.45) is 5.73 Å². The van der Waals surface area contributed by atoms with Crippen molar-refractivity contribution in [3.63, 3.8) is 0 Å². The summed E-state index contributed by atoms with van der Waals surface area (Å²) in [4.78, 5) is 0. The van der Waals surface area contributed by atoms with Gasteiger partial charge in [0.2, 0.25) is 0 Å². The molecule has 0 heterocycles. The lowest BCUT2D eigenvalue weighted by Gasteiger charge is -2.25. The minimum absolute atomic E-state index is 0.145. The molecular formula is C12H15BrFN. The Bertz CT molecular complexity index is 383. The first-order valence-corrected chi connectivity index (χ1v) is 6.08. The topological polar surface area (TPSA) is 26.0 Å². The molecule has 1 nitrogen and oxygen atoms in total. The molecule has 0 radical (unpaired) electrons. The first-order chi connectivity index (χ1) is 7.04. The van der Waals surface area contributed by atoms with Crippen molar-refractivity contribution in [1.29, 1.82) is 0 Å². The van der Waals surface area contributed by atoms with Crippen molar-refractivity contribution in [1.82, 2.24) is 0 Å². The lowest BCUT2D eigenvalue weighted by atomic mass is 9.88. The van der Waals surface area contributed by atoms with E-state index < -0.39 is 5.54 Å². The minimum atomic E-state index is -0.435. The monoisotopic (exact) mass is 271 g/mol. The second kappa shape index (κ2) is 3.87. The molecule has 0 aromatic heterocycles. The van der Waals surface area contributed by atoms with E-state index in [1.807, 2.05) is 12.1 Å². The molecule has 0 amide bonds. The summed E-state index contributed by atoms with van der Waals surface area (Å²) in [5.41, 5.74) is 7.15. The number of hydrogen-bond acceptors (Lipinski definition) is 1. The highest BCUT2D eigenvalue weighted by molar-refractivity contribution is 9.10. The third-order valence-corrected chi connectivity index (χ3v) is 4.21. The van der Waals surface area contributed by atoms with Crippen molar-refractivity contribution in [2.45, 2.75) is 38.1 Å². The van der Waals surface area contributed by atoms with Crippen LogP contribution in [0.15, 0.2) is 16.6 Å². The molecule has 1 aromatic carbocycles. The lowest BCUT2D eigenvalue weighted by Crippen LogP contribution is -2.34. The Balaban J connectivity index is 2.49. The van der Waals surface area contributed by atoms with E-state index in [9.17, 15) is 4.39 Å². The maximum absolute atomic E-state index is 14.0. The molecule has 2 rings (SSSR count). The Morgan fingerprint density at radius 1 is 1.33 bits per heavy atom. The molecule has 2 N–H and O–H groups in total. The van der Waals surface area contributed by atoms with E-state index in [4.69, 9.17) is 5.73 Å². The fraction of sp³-hybridized carbons (Fsp3) is 0.500. The van der Waals surface area contributed by atoms with Crippen LogP contribution in [0.4, 0.5) is 4.39 Å². The van der Waals surface area contributed by atoms with Crippen LogP contribution in [0.2, 0.25) is 0 Å². The normalized spacial score (nSPS) is 19.5. The Labute approximate surface area is 98.0 Å². The number of nitrogens with two attached hydrogens (primary N) is 1. The van der Waals surface area contributed by atoms with E-state index in [1.54, 1.807) is 6.92 Å². The van der Waals surface area contributed by atoms with Crippen LogP contribution in [0.5, 0.6) is 0 Å². The van der Waals surface area contributed by atoms with E-state index >= 15 is 0 Å². The van der Waals surface area contributed by atoms with Gasteiger partial charge in [-0.25, -0.2) is 4.39 Å². The molecule has 0 aliphatic heterocycles. The van der Waals surface area contributed by atoms with Gasteiger partial charge < -0.3 is 5.73 Å². The number of hydrogen-bond donors (Lipinski definition) is 1. The third-order valence-electron chi connectivity index (χ3n) is 3.35. The van der Waals surface area contributed by atoms with Crippen LogP contribution in [0.3, 0.4) is 0 Å². The molecule has 0 bridgehead atoms. The number of halogens is 2. The van der Waals surface area contributed by atoms with Crippen molar-refractivity contribution >= 4 is 15.9 Å². The van der Waals surface area contributed by atoms with Gasteiger partial charge >= 0.3 is 0 Å². The van der Waals surface area contributed by atoms with Gasteiger partial charge in [-0.05, 0) is 31.4 Å². The van der Waals surface area contributed by atoms with Crippen LogP contribution in [0.1, 0.15) is 36.8 Å². The van der Waals surface area contributed by atoms with E-state index in [0.29, 0.717) is 11.1 Å². The zero-order valence-corrected chi connectivity index (χ0v) is 10.4. The molecule has 0 unspecified atom stereocenters. The van der Waals surface area contributed by atoms with Gasteiger partial charge in [0, 0.05) is 15.6 Å². The summed E-state index contributed by atoms with van der Waals surface area (Å²) < 4.78 is 14.9. The average Bonchev–Trinajstić information content (AvgIpc) is 2.62. The Hall–Kier alpha value is -0.410.